The standard InChI is InChI=1S/C16H14F3NO3/c1-10(21)11(2)22-13-4-6-14(7-5-13)23-15-8-3-12(9-20-15)16(17,18)19/h3-9,11H,1-2H3. The quantitative estimate of drug-likeness (QED) is 0.824. The van der Waals surface area contributed by atoms with Crippen LogP contribution >= 0.6 is 0 Å². The number of halogens is 3. The van der Waals surface area contributed by atoms with Crippen molar-refractivity contribution >= 4 is 5.78 Å². The van der Waals surface area contributed by atoms with Gasteiger partial charge in [-0.15, -0.1) is 0 Å². The monoisotopic (exact) mass is 325 g/mol. The summed E-state index contributed by atoms with van der Waals surface area (Å²) >= 11 is 0. The Morgan fingerprint density at radius 3 is 2.17 bits per heavy atom. The molecule has 0 saturated heterocycles. The van der Waals surface area contributed by atoms with Crippen LogP contribution in [0.1, 0.15) is 19.4 Å². The average Bonchev–Trinajstić information content (AvgIpc) is 2.49. The van der Waals surface area contributed by atoms with Crippen LogP contribution in [0.5, 0.6) is 17.4 Å². The molecule has 1 aromatic heterocycles. The SMILES string of the molecule is CC(=O)C(C)Oc1ccc(Oc2ccc(C(F)(F)F)cn2)cc1. The zero-order chi connectivity index (χ0) is 17.0. The fourth-order valence-corrected chi connectivity index (χ4v) is 1.60. The molecule has 0 N–H and O–H groups in total. The second-order valence-electron chi connectivity index (χ2n) is 4.83. The molecular weight excluding hydrogens is 311 g/mol. The van der Waals surface area contributed by atoms with Gasteiger partial charge in [0.05, 0.1) is 5.56 Å². The van der Waals surface area contributed by atoms with E-state index in [1.807, 2.05) is 0 Å². The van der Waals surface area contributed by atoms with Crippen LogP contribution in [0.3, 0.4) is 0 Å². The zero-order valence-corrected chi connectivity index (χ0v) is 12.4. The molecule has 0 fully saturated rings. The summed E-state index contributed by atoms with van der Waals surface area (Å²) in [6.07, 6.45) is -4.28. The highest BCUT2D eigenvalue weighted by Crippen LogP contribution is 2.30. The van der Waals surface area contributed by atoms with E-state index in [0.29, 0.717) is 17.7 Å². The molecule has 0 aliphatic rings. The molecule has 0 spiro atoms. The van der Waals surface area contributed by atoms with Crippen molar-refractivity contribution < 1.29 is 27.4 Å². The zero-order valence-electron chi connectivity index (χ0n) is 12.4. The lowest BCUT2D eigenvalue weighted by molar-refractivity contribution is -0.137. The van der Waals surface area contributed by atoms with E-state index in [4.69, 9.17) is 9.47 Å². The minimum absolute atomic E-state index is 0.0452. The molecule has 1 atom stereocenters. The minimum atomic E-state index is -4.43. The molecule has 0 aliphatic heterocycles. The lowest BCUT2D eigenvalue weighted by Gasteiger charge is -2.12. The largest absolute Gasteiger partial charge is 0.483 e. The predicted molar refractivity (Wildman–Crippen MR) is 76.5 cm³/mol. The highest BCUT2D eigenvalue weighted by Gasteiger charge is 2.30. The first-order valence-electron chi connectivity index (χ1n) is 6.74. The van der Waals surface area contributed by atoms with Crippen molar-refractivity contribution in [1.29, 1.82) is 0 Å². The van der Waals surface area contributed by atoms with E-state index < -0.39 is 17.8 Å². The molecule has 0 saturated carbocycles. The Hall–Kier alpha value is -2.57. The molecule has 0 radical (unpaired) electrons. The van der Waals surface area contributed by atoms with Crippen molar-refractivity contribution in [1.82, 2.24) is 4.98 Å². The number of nitrogens with zero attached hydrogens (tertiary/aromatic N) is 1. The number of Topliss-reactive ketones (excluding diaryl/α,β-unsaturated/α-hetero) is 1. The van der Waals surface area contributed by atoms with Crippen LogP contribution in [-0.4, -0.2) is 16.9 Å². The third-order valence-corrected chi connectivity index (χ3v) is 3.00. The number of benzene rings is 1. The average molecular weight is 325 g/mol. The second-order valence-corrected chi connectivity index (χ2v) is 4.83. The number of aromatic nitrogens is 1. The van der Waals surface area contributed by atoms with Gasteiger partial charge in [0.25, 0.3) is 0 Å². The molecular formula is C16H14F3NO3. The number of carbonyl (C=O) groups is 1. The molecule has 1 aromatic carbocycles. The summed E-state index contributed by atoms with van der Waals surface area (Å²) in [5, 5.41) is 0. The van der Waals surface area contributed by atoms with Crippen molar-refractivity contribution in [2.45, 2.75) is 26.1 Å². The summed E-state index contributed by atoms with van der Waals surface area (Å²) in [6, 6.07) is 8.38. The van der Waals surface area contributed by atoms with Crippen LogP contribution in [-0.2, 0) is 11.0 Å². The number of alkyl halides is 3. The molecule has 7 heteroatoms. The van der Waals surface area contributed by atoms with Crippen LogP contribution in [0, 0.1) is 0 Å². The maximum atomic E-state index is 12.4. The van der Waals surface area contributed by atoms with Crippen molar-refractivity contribution in [3.63, 3.8) is 0 Å². The van der Waals surface area contributed by atoms with E-state index in [9.17, 15) is 18.0 Å². The van der Waals surface area contributed by atoms with Gasteiger partial charge in [-0.25, -0.2) is 4.98 Å². The van der Waals surface area contributed by atoms with Gasteiger partial charge in [0.2, 0.25) is 5.88 Å². The number of rotatable bonds is 5. The summed E-state index contributed by atoms with van der Waals surface area (Å²) in [7, 11) is 0. The van der Waals surface area contributed by atoms with Gasteiger partial charge in [0.15, 0.2) is 11.9 Å². The number of pyridine rings is 1. The molecule has 1 heterocycles. The number of hydrogen-bond donors (Lipinski definition) is 0. The highest BCUT2D eigenvalue weighted by atomic mass is 19.4. The summed E-state index contributed by atoms with van der Waals surface area (Å²) in [5.41, 5.74) is -0.841. The molecule has 2 rings (SSSR count). The maximum absolute atomic E-state index is 12.4. The van der Waals surface area contributed by atoms with E-state index in [2.05, 4.69) is 4.98 Å². The Morgan fingerprint density at radius 2 is 1.70 bits per heavy atom. The van der Waals surface area contributed by atoms with Gasteiger partial charge in [-0.3, -0.25) is 4.79 Å². The molecule has 2 aromatic rings. The van der Waals surface area contributed by atoms with Gasteiger partial charge >= 0.3 is 6.18 Å². The van der Waals surface area contributed by atoms with Crippen molar-refractivity contribution in [2.24, 2.45) is 0 Å². The Kier molecular flexibility index (Phi) is 4.88. The smallest absolute Gasteiger partial charge is 0.417 e. The molecule has 0 bridgehead atoms. The summed E-state index contributed by atoms with van der Waals surface area (Å²) < 4.78 is 48.0. The van der Waals surface area contributed by atoms with Crippen molar-refractivity contribution in [3.05, 3.63) is 48.2 Å². The Bertz CT molecular complexity index is 666. The highest BCUT2D eigenvalue weighted by molar-refractivity contribution is 5.80. The minimum Gasteiger partial charge on any atom is -0.483 e. The maximum Gasteiger partial charge on any atom is 0.417 e. The van der Waals surface area contributed by atoms with Crippen LogP contribution in [0.25, 0.3) is 0 Å². The molecule has 4 nitrogen and oxygen atoms in total. The van der Waals surface area contributed by atoms with Crippen LogP contribution < -0.4 is 9.47 Å². The first-order chi connectivity index (χ1) is 10.8. The van der Waals surface area contributed by atoms with Crippen molar-refractivity contribution in [2.75, 3.05) is 0 Å². The number of ether oxygens (including phenoxy) is 2. The lowest BCUT2D eigenvalue weighted by atomic mass is 10.2. The third kappa shape index (κ3) is 4.70. The number of carbonyl (C=O) groups excluding carboxylic acids is 1. The summed E-state index contributed by atoms with van der Waals surface area (Å²) in [4.78, 5) is 14.7. The van der Waals surface area contributed by atoms with Crippen molar-refractivity contribution in [3.8, 4) is 17.4 Å². The van der Waals surface area contributed by atoms with Crippen LogP contribution in [0.4, 0.5) is 13.2 Å². The third-order valence-electron chi connectivity index (χ3n) is 3.00. The molecule has 0 aliphatic carbocycles. The fraction of sp³-hybridized carbons (Fsp3) is 0.250. The van der Waals surface area contributed by atoms with E-state index >= 15 is 0 Å². The topological polar surface area (TPSA) is 48.4 Å². The number of ketones is 1. The lowest BCUT2D eigenvalue weighted by Crippen LogP contribution is -2.20. The molecule has 23 heavy (non-hydrogen) atoms. The first-order valence-corrected chi connectivity index (χ1v) is 6.74. The van der Waals surface area contributed by atoms with E-state index in [-0.39, 0.29) is 11.7 Å². The summed E-state index contributed by atoms with van der Waals surface area (Å²) in [5.74, 6) is 0.823. The molecule has 0 amide bonds. The van der Waals surface area contributed by atoms with E-state index in [1.165, 1.54) is 6.92 Å². The number of hydrogen-bond acceptors (Lipinski definition) is 4. The van der Waals surface area contributed by atoms with Gasteiger partial charge in [-0.1, -0.05) is 0 Å². The van der Waals surface area contributed by atoms with E-state index in [1.54, 1.807) is 31.2 Å². The predicted octanol–water partition coefficient (Wildman–Crippen LogP) is 4.25. The Labute approximate surface area is 130 Å². The molecule has 122 valence electrons. The molecule has 1 unspecified atom stereocenters. The van der Waals surface area contributed by atoms with Gasteiger partial charge in [0.1, 0.15) is 11.5 Å². The normalized spacial score (nSPS) is 12.6. The second kappa shape index (κ2) is 6.68. The first kappa shape index (κ1) is 16.8. The van der Waals surface area contributed by atoms with Gasteiger partial charge in [-0.2, -0.15) is 13.2 Å². The Morgan fingerprint density at radius 1 is 1.09 bits per heavy atom. The fourth-order valence-electron chi connectivity index (χ4n) is 1.60. The van der Waals surface area contributed by atoms with E-state index in [0.717, 1.165) is 12.1 Å². The van der Waals surface area contributed by atoms with Gasteiger partial charge in [0, 0.05) is 12.3 Å². The van der Waals surface area contributed by atoms with Gasteiger partial charge in [-0.05, 0) is 44.2 Å². The summed E-state index contributed by atoms with van der Waals surface area (Å²) in [6.45, 7) is 3.07. The van der Waals surface area contributed by atoms with Crippen LogP contribution in [0.15, 0.2) is 42.6 Å². The Balaban J connectivity index is 2.02. The van der Waals surface area contributed by atoms with Crippen LogP contribution in [0.2, 0.25) is 0 Å². The van der Waals surface area contributed by atoms with Gasteiger partial charge < -0.3 is 9.47 Å².